The van der Waals surface area contributed by atoms with Crippen molar-refractivity contribution in [3.8, 4) is 0 Å². The second-order valence-electron chi connectivity index (χ2n) is 4.65. The summed E-state index contributed by atoms with van der Waals surface area (Å²) in [5, 5.41) is 3.43. The number of likely N-dealkylation sites (tertiary alicyclic amines) is 1. The molecule has 0 aromatic rings. The van der Waals surface area contributed by atoms with E-state index >= 15 is 0 Å². The highest BCUT2D eigenvalue weighted by molar-refractivity contribution is 5.81. The summed E-state index contributed by atoms with van der Waals surface area (Å²) in [4.78, 5) is 16.2. The van der Waals surface area contributed by atoms with Crippen LogP contribution >= 0.6 is 0 Å². The topological polar surface area (TPSA) is 35.6 Å². The maximum absolute atomic E-state index is 12.0. The van der Waals surface area contributed by atoms with Gasteiger partial charge in [-0.2, -0.15) is 0 Å². The summed E-state index contributed by atoms with van der Waals surface area (Å²) >= 11 is 0. The number of hydrogen-bond donors (Lipinski definition) is 1. The monoisotopic (exact) mass is 227 g/mol. The zero-order chi connectivity index (χ0) is 12.1. The minimum atomic E-state index is -0.0589. The summed E-state index contributed by atoms with van der Waals surface area (Å²) in [7, 11) is 2.12. The van der Waals surface area contributed by atoms with E-state index in [2.05, 4.69) is 17.3 Å². The summed E-state index contributed by atoms with van der Waals surface area (Å²) in [6, 6.07) is 0.413. The molecule has 1 N–H and O–H groups in total. The third-order valence-electron chi connectivity index (χ3n) is 3.32. The fraction of sp³-hybridized carbons (Fsp3) is 0.917. The van der Waals surface area contributed by atoms with Crippen LogP contribution in [0.25, 0.3) is 0 Å². The molecule has 0 saturated carbocycles. The van der Waals surface area contributed by atoms with Crippen molar-refractivity contribution in [1.82, 2.24) is 15.1 Å². The molecule has 1 aliphatic heterocycles. The summed E-state index contributed by atoms with van der Waals surface area (Å²) < 4.78 is 0. The van der Waals surface area contributed by atoms with E-state index in [4.69, 9.17) is 0 Å². The number of hydrogen-bond acceptors (Lipinski definition) is 3. The Balaban J connectivity index is 2.39. The third kappa shape index (κ3) is 3.46. The van der Waals surface area contributed by atoms with Gasteiger partial charge < -0.3 is 15.1 Å². The summed E-state index contributed by atoms with van der Waals surface area (Å²) in [5.74, 6) is 0.222. The van der Waals surface area contributed by atoms with Crippen LogP contribution in [0.3, 0.4) is 0 Å². The van der Waals surface area contributed by atoms with E-state index in [0.717, 1.165) is 32.6 Å². The molecule has 1 amide bonds. The van der Waals surface area contributed by atoms with Crippen molar-refractivity contribution in [2.45, 2.75) is 39.3 Å². The van der Waals surface area contributed by atoms with Crippen molar-refractivity contribution in [2.75, 3.05) is 33.2 Å². The van der Waals surface area contributed by atoms with Gasteiger partial charge in [0.2, 0.25) is 5.91 Å². The molecule has 1 heterocycles. The van der Waals surface area contributed by atoms with E-state index in [1.54, 1.807) is 0 Å². The van der Waals surface area contributed by atoms with Crippen molar-refractivity contribution in [3.05, 3.63) is 0 Å². The molecule has 2 atom stereocenters. The normalized spacial score (nSPS) is 23.4. The number of carbonyl (C=O) groups is 1. The van der Waals surface area contributed by atoms with Crippen LogP contribution in [0.15, 0.2) is 0 Å². The Morgan fingerprint density at radius 2 is 2.12 bits per heavy atom. The van der Waals surface area contributed by atoms with Crippen LogP contribution in [0.4, 0.5) is 0 Å². The lowest BCUT2D eigenvalue weighted by molar-refractivity contribution is -0.132. The maximum atomic E-state index is 12.0. The lowest BCUT2D eigenvalue weighted by Crippen LogP contribution is -2.48. The second kappa shape index (κ2) is 6.21. The van der Waals surface area contributed by atoms with Crippen LogP contribution in [0.1, 0.15) is 27.2 Å². The standard InChI is InChI=1S/C12H25N3O/c1-5-15(6-2)12(16)10(3)13-11-7-8-14(4)9-11/h10-11,13H,5-9H2,1-4H3. The molecule has 1 fully saturated rings. The quantitative estimate of drug-likeness (QED) is 0.744. The number of nitrogens with one attached hydrogen (secondary N) is 1. The molecule has 4 heteroatoms. The summed E-state index contributed by atoms with van der Waals surface area (Å²) in [6.07, 6.45) is 1.15. The van der Waals surface area contributed by atoms with Crippen molar-refractivity contribution < 1.29 is 4.79 Å². The fourth-order valence-electron chi connectivity index (χ4n) is 2.31. The number of rotatable bonds is 5. The molecule has 2 unspecified atom stereocenters. The number of amides is 1. The Hall–Kier alpha value is -0.610. The molecule has 0 bridgehead atoms. The van der Waals surface area contributed by atoms with Gasteiger partial charge in [0.15, 0.2) is 0 Å². The average Bonchev–Trinajstić information content (AvgIpc) is 2.65. The van der Waals surface area contributed by atoms with E-state index in [0.29, 0.717) is 6.04 Å². The van der Waals surface area contributed by atoms with Gasteiger partial charge in [0.05, 0.1) is 6.04 Å². The first-order valence-electron chi connectivity index (χ1n) is 6.31. The minimum Gasteiger partial charge on any atom is -0.342 e. The maximum Gasteiger partial charge on any atom is 0.239 e. The molecule has 0 radical (unpaired) electrons. The van der Waals surface area contributed by atoms with Crippen molar-refractivity contribution in [3.63, 3.8) is 0 Å². The van der Waals surface area contributed by atoms with E-state index < -0.39 is 0 Å². The molecule has 94 valence electrons. The first-order chi connectivity index (χ1) is 7.58. The van der Waals surface area contributed by atoms with Gasteiger partial charge in [-0.1, -0.05) is 0 Å². The van der Waals surface area contributed by atoms with Gasteiger partial charge in [0.25, 0.3) is 0 Å². The lowest BCUT2D eigenvalue weighted by Gasteiger charge is -2.25. The molecule has 16 heavy (non-hydrogen) atoms. The Morgan fingerprint density at radius 3 is 2.56 bits per heavy atom. The minimum absolute atomic E-state index is 0.0589. The van der Waals surface area contributed by atoms with Crippen LogP contribution in [0, 0.1) is 0 Å². The number of likely N-dealkylation sites (N-methyl/N-ethyl adjacent to an activating group) is 2. The molecule has 0 aliphatic carbocycles. The average molecular weight is 227 g/mol. The Kier molecular flexibility index (Phi) is 5.22. The second-order valence-corrected chi connectivity index (χ2v) is 4.65. The highest BCUT2D eigenvalue weighted by Gasteiger charge is 2.25. The van der Waals surface area contributed by atoms with Gasteiger partial charge >= 0.3 is 0 Å². The van der Waals surface area contributed by atoms with E-state index in [1.165, 1.54) is 0 Å². The molecule has 0 aromatic carbocycles. The lowest BCUT2D eigenvalue weighted by atomic mass is 10.2. The van der Waals surface area contributed by atoms with Gasteiger partial charge in [-0.25, -0.2) is 0 Å². The molecule has 1 saturated heterocycles. The van der Waals surface area contributed by atoms with Gasteiger partial charge in [-0.15, -0.1) is 0 Å². The highest BCUT2D eigenvalue weighted by Crippen LogP contribution is 2.07. The third-order valence-corrected chi connectivity index (χ3v) is 3.32. The molecule has 0 spiro atoms. The molecule has 1 rings (SSSR count). The zero-order valence-corrected chi connectivity index (χ0v) is 11.0. The van der Waals surface area contributed by atoms with E-state index in [1.807, 2.05) is 25.7 Å². The van der Waals surface area contributed by atoms with Crippen LogP contribution in [0.2, 0.25) is 0 Å². The first-order valence-corrected chi connectivity index (χ1v) is 6.31. The molecule has 0 aromatic heterocycles. The molecular formula is C12H25N3O. The first kappa shape index (κ1) is 13.5. The van der Waals surface area contributed by atoms with Crippen molar-refractivity contribution >= 4 is 5.91 Å². The predicted molar refractivity (Wildman–Crippen MR) is 66.4 cm³/mol. The Bertz CT molecular complexity index is 228. The van der Waals surface area contributed by atoms with Crippen LogP contribution in [-0.4, -0.2) is 61.0 Å². The zero-order valence-electron chi connectivity index (χ0n) is 11.0. The van der Waals surface area contributed by atoms with E-state index in [9.17, 15) is 4.79 Å². The number of nitrogens with zero attached hydrogens (tertiary/aromatic N) is 2. The van der Waals surface area contributed by atoms with Gasteiger partial charge in [-0.3, -0.25) is 4.79 Å². The molecule has 4 nitrogen and oxygen atoms in total. The number of carbonyl (C=O) groups excluding carboxylic acids is 1. The smallest absolute Gasteiger partial charge is 0.239 e. The summed E-state index contributed by atoms with van der Waals surface area (Å²) in [6.45, 7) is 9.80. The largest absolute Gasteiger partial charge is 0.342 e. The summed E-state index contributed by atoms with van der Waals surface area (Å²) in [5.41, 5.74) is 0. The van der Waals surface area contributed by atoms with Crippen LogP contribution < -0.4 is 5.32 Å². The van der Waals surface area contributed by atoms with Gasteiger partial charge in [-0.05, 0) is 40.8 Å². The van der Waals surface area contributed by atoms with E-state index in [-0.39, 0.29) is 11.9 Å². The fourth-order valence-corrected chi connectivity index (χ4v) is 2.31. The van der Waals surface area contributed by atoms with Crippen LogP contribution in [0.5, 0.6) is 0 Å². The predicted octanol–water partition coefficient (Wildman–Crippen LogP) is 0.537. The SMILES string of the molecule is CCN(CC)C(=O)C(C)NC1CCN(C)C1. The highest BCUT2D eigenvalue weighted by atomic mass is 16.2. The molecular weight excluding hydrogens is 202 g/mol. The van der Waals surface area contributed by atoms with Gasteiger partial charge in [0, 0.05) is 25.7 Å². The van der Waals surface area contributed by atoms with Crippen molar-refractivity contribution in [1.29, 1.82) is 0 Å². The Morgan fingerprint density at radius 1 is 1.50 bits per heavy atom. The molecule has 1 aliphatic rings. The Labute approximate surface area is 99.0 Å². The van der Waals surface area contributed by atoms with Gasteiger partial charge in [0.1, 0.15) is 0 Å². The van der Waals surface area contributed by atoms with Crippen LogP contribution in [-0.2, 0) is 4.79 Å². The van der Waals surface area contributed by atoms with Crippen molar-refractivity contribution in [2.24, 2.45) is 0 Å².